The first-order valence-corrected chi connectivity index (χ1v) is 3.32. The highest BCUT2D eigenvalue weighted by Crippen LogP contribution is 1.93. The van der Waals surface area contributed by atoms with Crippen LogP contribution in [-0.2, 0) is 7.05 Å². The van der Waals surface area contributed by atoms with Gasteiger partial charge < -0.3 is 11.1 Å². The number of hydrogen-bond acceptors (Lipinski definition) is 4. The molecule has 0 atom stereocenters. The molecule has 2 aromatic rings. The predicted octanol–water partition coefficient (Wildman–Crippen LogP) is -0.888. The first kappa shape index (κ1) is 9.20. The molecule has 7 nitrogen and oxygen atoms in total. The van der Waals surface area contributed by atoms with Crippen LogP contribution in [0.2, 0.25) is 0 Å². The number of H-pyrrole nitrogens is 2. The third kappa shape index (κ3) is 1.14. The van der Waals surface area contributed by atoms with Gasteiger partial charge in [-0.25, -0.2) is 9.78 Å². The molecule has 0 amide bonds. The van der Waals surface area contributed by atoms with Gasteiger partial charge in [0.15, 0.2) is 5.65 Å². The van der Waals surface area contributed by atoms with Crippen molar-refractivity contribution >= 4 is 11.2 Å². The van der Waals surface area contributed by atoms with E-state index in [4.69, 9.17) is 0 Å². The van der Waals surface area contributed by atoms with Gasteiger partial charge in [0.05, 0.1) is 6.33 Å². The molecule has 0 saturated heterocycles. The van der Waals surface area contributed by atoms with Crippen LogP contribution in [0.15, 0.2) is 15.9 Å². The van der Waals surface area contributed by atoms with Gasteiger partial charge in [-0.2, -0.15) is 0 Å². The maximum Gasteiger partial charge on any atom is 0.329 e. The van der Waals surface area contributed by atoms with Gasteiger partial charge in [-0.15, -0.1) is 0 Å². The zero-order chi connectivity index (χ0) is 8.72. The molecule has 2 rings (SSSR count). The molecule has 0 spiro atoms. The molecule has 0 radical (unpaired) electrons. The summed E-state index contributed by atoms with van der Waals surface area (Å²) in [6, 6.07) is 0. The first-order valence-electron chi connectivity index (χ1n) is 3.32. The zero-order valence-electron chi connectivity index (χ0n) is 7.00. The molecule has 0 fully saturated rings. The van der Waals surface area contributed by atoms with Crippen LogP contribution < -0.4 is 17.4 Å². The van der Waals surface area contributed by atoms with E-state index in [1.54, 1.807) is 0 Å². The smallest absolute Gasteiger partial charge is 0.329 e. The number of fused-ring (bicyclic) bond motifs is 1. The quantitative estimate of drug-likeness (QED) is 0.491. The molecule has 13 heavy (non-hydrogen) atoms. The van der Waals surface area contributed by atoms with Gasteiger partial charge in [0.25, 0.3) is 5.56 Å². The number of hydrogen-bond donors (Lipinski definition) is 3. The molecule has 0 aliphatic heterocycles. The first-order chi connectivity index (χ1) is 5.70. The van der Waals surface area contributed by atoms with Crippen LogP contribution in [-0.4, -0.2) is 19.5 Å². The molecule has 0 aliphatic carbocycles. The van der Waals surface area contributed by atoms with Crippen LogP contribution >= 0.6 is 0 Å². The van der Waals surface area contributed by atoms with E-state index in [9.17, 15) is 9.59 Å². The van der Waals surface area contributed by atoms with Crippen molar-refractivity contribution in [2.45, 2.75) is 0 Å². The Morgan fingerprint density at radius 3 is 2.85 bits per heavy atom. The molecular formula is C6H9N5O2. The van der Waals surface area contributed by atoms with Crippen molar-refractivity contribution in [2.24, 2.45) is 7.05 Å². The fourth-order valence-corrected chi connectivity index (χ4v) is 0.997. The van der Waals surface area contributed by atoms with Crippen LogP contribution in [0.5, 0.6) is 0 Å². The molecule has 0 unspecified atom stereocenters. The van der Waals surface area contributed by atoms with Crippen molar-refractivity contribution < 1.29 is 0 Å². The Morgan fingerprint density at radius 2 is 2.15 bits per heavy atom. The number of aromatic amines is 2. The Kier molecular flexibility index (Phi) is 2.03. The van der Waals surface area contributed by atoms with Gasteiger partial charge in [-0.05, 0) is 0 Å². The summed E-state index contributed by atoms with van der Waals surface area (Å²) in [7, 11) is 1.40. The van der Waals surface area contributed by atoms with E-state index in [-0.39, 0.29) is 11.7 Å². The summed E-state index contributed by atoms with van der Waals surface area (Å²) in [6.45, 7) is 0. The fourth-order valence-electron chi connectivity index (χ4n) is 0.997. The van der Waals surface area contributed by atoms with E-state index >= 15 is 0 Å². The maximum absolute atomic E-state index is 11.3. The van der Waals surface area contributed by atoms with E-state index in [0.717, 1.165) is 4.57 Å². The van der Waals surface area contributed by atoms with E-state index in [2.05, 4.69) is 15.0 Å². The van der Waals surface area contributed by atoms with Crippen molar-refractivity contribution in [1.82, 2.24) is 25.7 Å². The van der Waals surface area contributed by atoms with Crippen molar-refractivity contribution in [1.29, 1.82) is 0 Å². The second-order valence-electron chi connectivity index (χ2n) is 2.42. The molecule has 0 bridgehead atoms. The van der Waals surface area contributed by atoms with E-state index < -0.39 is 5.69 Å². The number of nitrogens with zero attached hydrogens (tertiary/aromatic N) is 2. The van der Waals surface area contributed by atoms with Crippen LogP contribution in [0, 0.1) is 0 Å². The Balaban J connectivity index is 0.000000845. The molecule has 70 valence electrons. The van der Waals surface area contributed by atoms with Gasteiger partial charge in [0, 0.05) is 7.05 Å². The molecule has 0 saturated carbocycles. The lowest BCUT2D eigenvalue weighted by atomic mass is 10.5. The highest BCUT2D eigenvalue weighted by Gasteiger charge is 2.04. The van der Waals surface area contributed by atoms with Gasteiger partial charge >= 0.3 is 5.69 Å². The van der Waals surface area contributed by atoms with Gasteiger partial charge in [0.2, 0.25) is 0 Å². The monoisotopic (exact) mass is 183 g/mol. The SMILES string of the molecule is Cn1c(=O)[nH]c2nc[nH]c2c1=O.N. The number of imidazole rings is 1. The van der Waals surface area contributed by atoms with Crippen LogP contribution in [0.25, 0.3) is 11.2 Å². The Morgan fingerprint density at radius 1 is 1.46 bits per heavy atom. The zero-order valence-corrected chi connectivity index (χ0v) is 7.00. The standard InChI is InChI=1S/C6H6N4O2.H3N/c1-10-5(11)3-4(8-2-7-3)9-6(10)12;/h2H,1H3,(H,7,8)(H,9,12);1H3. The summed E-state index contributed by atoms with van der Waals surface area (Å²) in [5.41, 5.74) is -0.217. The lowest BCUT2D eigenvalue weighted by Crippen LogP contribution is -2.32. The van der Waals surface area contributed by atoms with E-state index in [0.29, 0.717) is 11.2 Å². The second kappa shape index (κ2) is 2.87. The molecule has 2 heterocycles. The minimum atomic E-state index is -0.459. The van der Waals surface area contributed by atoms with Crippen LogP contribution in [0.1, 0.15) is 0 Å². The molecular weight excluding hydrogens is 174 g/mol. The van der Waals surface area contributed by atoms with E-state index in [1.807, 2.05) is 0 Å². The summed E-state index contributed by atoms with van der Waals surface area (Å²) < 4.78 is 0.987. The van der Waals surface area contributed by atoms with Crippen molar-refractivity contribution in [3.63, 3.8) is 0 Å². The highest BCUT2D eigenvalue weighted by molar-refractivity contribution is 5.67. The Hall–Kier alpha value is -1.89. The summed E-state index contributed by atoms with van der Waals surface area (Å²) in [4.78, 5) is 31.1. The minimum absolute atomic E-state index is 0. The van der Waals surface area contributed by atoms with Crippen LogP contribution in [0.3, 0.4) is 0 Å². The number of nitrogens with one attached hydrogen (secondary N) is 2. The summed E-state index contributed by atoms with van der Waals surface area (Å²) in [6.07, 6.45) is 1.36. The topological polar surface area (TPSA) is 119 Å². The third-order valence-corrected chi connectivity index (χ3v) is 1.69. The fraction of sp³-hybridized carbons (Fsp3) is 0.167. The summed E-state index contributed by atoms with van der Waals surface area (Å²) in [5.74, 6) is 0. The number of rotatable bonds is 0. The predicted molar refractivity (Wildman–Crippen MR) is 47.0 cm³/mol. The average Bonchev–Trinajstić information content (AvgIpc) is 2.48. The molecule has 7 heteroatoms. The van der Waals surface area contributed by atoms with Crippen molar-refractivity contribution in [3.8, 4) is 0 Å². The summed E-state index contributed by atoms with van der Waals surface area (Å²) >= 11 is 0. The third-order valence-electron chi connectivity index (χ3n) is 1.69. The molecule has 2 aromatic heterocycles. The Labute approximate surface area is 72.0 Å². The van der Waals surface area contributed by atoms with Crippen molar-refractivity contribution in [3.05, 3.63) is 27.2 Å². The normalized spacial score (nSPS) is 9.92. The van der Waals surface area contributed by atoms with Crippen molar-refractivity contribution in [2.75, 3.05) is 0 Å². The number of aromatic nitrogens is 4. The lowest BCUT2D eigenvalue weighted by Gasteiger charge is -1.93. The maximum atomic E-state index is 11.3. The highest BCUT2D eigenvalue weighted by atomic mass is 16.2. The molecule has 0 aromatic carbocycles. The van der Waals surface area contributed by atoms with Gasteiger partial charge in [0.1, 0.15) is 5.52 Å². The van der Waals surface area contributed by atoms with E-state index in [1.165, 1.54) is 13.4 Å². The second-order valence-corrected chi connectivity index (χ2v) is 2.42. The molecule has 5 N–H and O–H groups in total. The minimum Gasteiger partial charge on any atom is -0.344 e. The summed E-state index contributed by atoms with van der Waals surface area (Å²) in [5, 5.41) is 0. The Bertz CT molecular complexity index is 534. The average molecular weight is 183 g/mol. The van der Waals surface area contributed by atoms with Crippen LogP contribution in [0.4, 0.5) is 0 Å². The van der Waals surface area contributed by atoms with Gasteiger partial charge in [-0.1, -0.05) is 0 Å². The molecule has 0 aliphatic rings. The lowest BCUT2D eigenvalue weighted by molar-refractivity contribution is 0.790. The largest absolute Gasteiger partial charge is 0.344 e. The van der Waals surface area contributed by atoms with Gasteiger partial charge in [-0.3, -0.25) is 14.3 Å².